The van der Waals surface area contributed by atoms with Gasteiger partial charge in [-0.1, -0.05) is 24.3 Å². The van der Waals surface area contributed by atoms with Gasteiger partial charge >= 0.3 is 6.18 Å². The third-order valence-corrected chi connectivity index (χ3v) is 4.24. The lowest BCUT2D eigenvalue weighted by molar-refractivity contribution is -0.137. The number of nitrogens with zero attached hydrogens (tertiary/aromatic N) is 3. The maximum atomic E-state index is 12.8. The monoisotopic (exact) mass is 355 g/mol. The lowest BCUT2D eigenvalue weighted by Gasteiger charge is -2.32. The number of carbonyl (C=O) groups excluding carboxylic acids is 1. The molecule has 0 aliphatic carbocycles. The summed E-state index contributed by atoms with van der Waals surface area (Å²) in [5.74, 6) is -0.351. The average Bonchev–Trinajstić information content (AvgIpc) is 2.94. The third-order valence-electron chi connectivity index (χ3n) is 3.93. The van der Waals surface area contributed by atoms with Crippen molar-refractivity contribution in [2.75, 3.05) is 11.4 Å². The van der Waals surface area contributed by atoms with Crippen LogP contribution >= 0.6 is 11.6 Å². The minimum Gasteiger partial charge on any atom is -0.305 e. The highest BCUT2D eigenvalue weighted by molar-refractivity contribution is 6.31. The van der Waals surface area contributed by atoms with Gasteiger partial charge in [-0.3, -0.25) is 9.48 Å². The molecule has 0 saturated heterocycles. The molecule has 0 saturated carbocycles. The minimum atomic E-state index is -4.54. The fraction of sp³-hybridized carbons (Fsp3) is 0.250. The molecule has 0 unspecified atom stereocenters. The van der Waals surface area contributed by atoms with Crippen LogP contribution in [0.5, 0.6) is 0 Å². The van der Waals surface area contributed by atoms with E-state index in [1.165, 1.54) is 17.0 Å². The molecule has 2 heterocycles. The summed E-state index contributed by atoms with van der Waals surface area (Å²) in [6.45, 7) is 5.80. The van der Waals surface area contributed by atoms with Gasteiger partial charge in [0.05, 0.1) is 22.8 Å². The molecule has 4 nitrogen and oxygen atoms in total. The van der Waals surface area contributed by atoms with E-state index in [-0.39, 0.29) is 18.5 Å². The summed E-state index contributed by atoms with van der Waals surface area (Å²) in [6, 6.07) is 3.16. The molecule has 0 spiro atoms. The number of fused-ring (bicyclic) bond motifs is 1. The summed E-state index contributed by atoms with van der Waals surface area (Å²) < 4.78 is 40.1. The molecule has 1 aliphatic rings. The Morgan fingerprint density at radius 3 is 2.71 bits per heavy atom. The van der Waals surface area contributed by atoms with Crippen LogP contribution in [0.15, 0.2) is 31.0 Å². The van der Waals surface area contributed by atoms with Crippen LogP contribution in [0, 0.1) is 0 Å². The van der Waals surface area contributed by atoms with Gasteiger partial charge in [0, 0.05) is 17.8 Å². The molecule has 1 atom stereocenters. The lowest BCUT2D eigenvalue weighted by atomic mass is 10.1. The number of aromatic nitrogens is 2. The SMILES string of the molecule is C=Cc1cnn2c1C(=O)N(c1ccc(C(F)(F)F)c(Cl)c1)C[C@@H]2C. The number of amides is 1. The second-order valence-electron chi connectivity index (χ2n) is 5.52. The Hall–Kier alpha value is -2.28. The fourth-order valence-corrected chi connectivity index (χ4v) is 3.04. The summed E-state index contributed by atoms with van der Waals surface area (Å²) in [4.78, 5) is 14.2. The van der Waals surface area contributed by atoms with Crippen LogP contribution in [0.25, 0.3) is 6.08 Å². The van der Waals surface area contributed by atoms with E-state index in [1.54, 1.807) is 10.9 Å². The van der Waals surface area contributed by atoms with E-state index in [0.717, 1.165) is 12.1 Å². The summed E-state index contributed by atoms with van der Waals surface area (Å²) >= 11 is 5.76. The zero-order valence-corrected chi connectivity index (χ0v) is 13.4. The van der Waals surface area contributed by atoms with Gasteiger partial charge < -0.3 is 4.90 Å². The Kier molecular flexibility index (Phi) is 3.91. The molecule has 1 aromatic heterocycles. The van der Waals surface area contributed by atoms with Crippen molar-refractivity contribution in [1.82, 2.24) is 9.78 Å². The van der Waals surface area contributed by atoms with Crippen LogP contribution < -0.4 is 4.90 Å². The van der Waals surface area contributed by atoms with Gasteiger partial charge in [0.15, 0.2) is 0 Å². The molecule has 1 aromatic carbocycles. The number of hydrogen-bond acceptors (Lipinski definition) is 2. The predicted octanol–water partition coefficient (Wildman–Crippen LogP) is 4.42. The number of benzene rings is 1. The third kappa shape index (κ3) is 2.58. The van der Waals surface area contributed by atoms with E-state index in [9.17, 15) is 18.0 Å². The molecule has 1 amide bonds. The Balaban J connectivity index is 2.04. The Morgan fingerprint density at radius 1 is 1.42 bits per heavy atom. The molecule has 24 heavy (non-hydrogen) atoms. The van der Waals surface area contributed by atoms with Gasteiger partial charge in [0.25, 0.3) is 5.91 Å². The van der Waals surface area contributed by atoms with Gasteiger partial charge in [-0.05, 0) is 25.1 Å². The zero-order chi connectivity index (χ0) is 17.6. The van der Waals surface area contributed by atoms with Gasteiger partial charge in [-0.2, -0.15) is 18.3 Å². The standard InChI is InChI=1S/C16H13ClF3N3O/c1-3-10-7-21-23-9(2)8-22(15(24)14(10)23)11-4-5-12(13(17)6-11)16(18,19)20/h3-7,9H,1,8H2,2H3/t9-/m0/s1. The van der Waals surface area contributed by atoms with Crippen LogP contribution in [0.4, 0.5) is 18.9 Å². The van der Waals surface area contributed by atoms with E-state index in [4.69, 9.17) is 11.6 Å². The Labute approximate surface area is 141 Å². The molecule has 126 valence electrons. The highest BCUT2D eigenvalue weighted by Gasteiger charge is 2.36. The largest absolute Gasteiger partial charge is 0.417 e. The highest BCUT2D eigenvalue weighted by atomic mass is 35.5. The van der Waals surface area contributed by atoms with Crippen molar-refractivity contribution in [3.63, 3.8) is 0 Å². The Morgan fingerprint density at radius 2 is 2.12 bits per heavy atom. The van der Waals surface area contributed by atoms with Crippen molar-refractivity contribution in [3.05, 3.63) is 52.8 Å². The van der Waals surface area contributed by atoms with Gasteiger partial charge in [0.1, 0.15) is 5.69 Å². The molecule has 0 fully saturated rings. The van der Waals surface area contributed by atoms with Crippen molar-refractivity contribution < 1.29 is 18.0 Å². The van der Waals surface area contributed by atoms with Gasteiger partial charge in [-0.25, -0.2) is 0 Å². The minimum absolute atomic E-state index is 0.132. The van der Waals surface area contributed by atoms with Crippen LogP contribution in [0.3, 0.4) is 0 Å². The molecule has 8 heteroatoms. The first-order chi connectivity index (χ1) is 11.2. The van der Waals surface area contributed by atoms with Gasteiger partial charge in [-0.15, -0.1) is 0 Å². The summed E-state index contributed by atoms with van der Waals surface area (Å²) in [6.07, 6.45) is -1.48. The number of carbonyl (C=O) groups is 1. The first kappa shape index (κ1) is 16.6. The second kappa shape index (κ2) is 5.66. The smallest absolute Gasteiger partial charge is 0.305 e. The maximum absolute atomic E-state index is 12.8. The molecule has 0 N–H and O–H groups in total. The zero-order valence-electron chi connectivity index (χ0n) is 12.6. The van der Waals surface area contributed by atoms with Crippen molar-refractivity contribution >= 4 is 29.3 Å². The second-order valence-corrected chi connectivity index (χ2v) is 5.93. The van der Waals surface area contributed by atoms with Crippen molar-refractivity contribution in [3.8, 4) is 0 Å². The fourth-order valence-electron chi connectivity index (χ4n) is 2.76. The van der Waals surface area contributed by atoms with Crippen LogP contribution in [-0.4, -0.2) is 22.2 Å². The first-order valence-corrected chi connectivity index (χ1v) is 7.50. The number of rotatable bonds is 2. The quantitative estimate of drug-likeness (QED) is 0.799. The maximum Gasteiger partial charge on any atom is 0.417 e. The molecule has 1 aliphatic heterocycles. The van der Waals surface area contributed by atoms with Gasteiger partial charge in [0.2, 0.25) is 0 Å². The first-order valence-electron chi connectivity index (χ1n) is 7.12. The van der Waals surface area contributed by atoms with E-state index in [1.807, 2.05) is 6.92 Å². The molecule has 0 bridgehead atoms. The number of halogens is 4. The van der Waals surface area contributed by atoms with Crippen LogP contribution in [0.1, 0.15) is 34.6 Å². The van der Waals surface area contributed by atoms with Crippen LogP contribution in [0.2, 0.25) is 5.02 Å². The molecular weight excluding hydrogens is 343 g/mol. The van der Waals surface area contributed by atoms with Crippen LogP contribution in [-0.2, 0) is 6.18 Å². The number of anilines is 1. The molecule has 2 aromatic rings. The topological polar surface area (TPSA) is 38.1 Å². The van der Waals surface area contributed by atoms with E-state index in [2.05, 4.69) is 11.7 Å². The van der Waals surface area contributed by atoms with E-state index >= 15 is 0 Å². The lowest BCUT2D eigenvalue weighted by Crippen LogP contribution is -2.43. The van der Waals surface area contributed by atoms with Crippen molar-refractivity contribution in [2.45, 2.75) is 19.1 Å². The molecule has 0 radical (unpaired) electrons. The number of hydrogen-bond donors (Lipinski definition) is 0. The Bertz CT molecular complexity index is 828. The van der Waals surface area contributed by atoms with Crippen molar-refractivity contribution in [1.29, 1.82) is 0 Å². The highest BCUT2D eigenvalue weighted by Crippen LogP contribution is 2.37. The predicted molar refractivity (Wildman–Crippen MR) is 85.2 cm³/mol. The van der Waals surface area contributed by atoms with Crippen molar-refractivity contribution in [2.24, 2.45) is 0 Å². The summed E-state index contributed by atoms with van der Waals surface area (Å²) in [5, 5.41) is 3.73. The summed E-state index contributed by atoms with van der Waals surface area (Å²) in [7, 11) is 0. The number of alkyl halides is 3. The molecular formula is C16H13ClF3N3O. The van der Waals surface area contributed by atoms with E-state index in [0.29, 0.717) is 16.9 Å². The average molecular weight is 356 g/mol. The molecule has 3 rings (SSSR count). The normalized spacial score (nSPS) is 17.8. The van der Waals surface area contributed by atoms with E-state index < -0.39 is 16.8 Å². The summed E-state index contributed by atoms with van der Waals surface area (Å²) in [5.41, 5.74) is 0.323.